The van der Waals surface area contributed by atoms with Crippen LogP contribution in [0.5, 0.6) is 0 Å². The molecule has 31 heavy (non-hydrogen) atoms. The molecule has 2 aromatic heterocycles. The molecule has 1 amide bonds. The van der Waals surface area contributed by atoms with Crippen LogP contribution in [0.3, 0.4) is 0 Å². The van der Waals surface area contributed by atoms with E-state index in [2.05, 4.69) is 25.4 Å². The Hall–Kier alpha value is -3.06. The molecule has 1 N–H and O–H groups in total. The largest absolute Gasteiger partial charge is 0.453 e. The van der Waals surface area contributed by atoms with E-state index in [0.29, 0.717) is 0 Å². The van der Waals surface area contributed by atoms with Crippen LogP contribution < -0.4 is 5.32 Å². The zero-order valence-electron chi connectivity index (χ0n) is 15.9. The number of nitrogens with one attached hydrogen (secondary N) is 1. The molecule has 0 aliphatic carbocycles. The number of hydrogen-bond donors (Lipinski definition) is 1. The van der Waals surface area contributed by atoms with Gasteiger partial charge < -0.3 is 5.32 Å². The van der Waals surface area contributed by atoms with Gasteiger partial charge in [0.2, 0.25) is 0 Å². The summed E-state index contributed by atoms with van der Waals surface area (Å²) in [5.41, 5.74) is -0.0992. The highest BCUT2D eigenvalue weighted by Gasteiger charge is 2.38. The minimum absolute atomic E-state index is 0.000869. The number of benzene rings is 1. The number of carbonyl (C=O) groups is 1. The molecule has 9 nitrogen and oxygen atoms in total. The number of halogens is 4. The van der Waals surface area contributed by atoms with Gasteiger partial charge in [-0.1, -0.05) is 11.6 Å². The molecule has 2 heterocycles. The number of hydrogen-bond acceptors (Lipinski definition) is 7. The first-order valence-corrected chi connectivity index (χ1v) is 10.8. The van der Waals surface area contributed by atoms with E-state index in [9.17, 15) is 26.4 Å². The van der Waals surface area contributed by atoms with Crippen molar-refractivity contribution >= 4 is 27.3 Å². The molecule has 0 fully saturated rings. The average Bonchev–Trinajstić information content (AvgIpc) is 3.13. The highest BCUT2D eigenvalue weighted by molar-refractivity contribution is 7.90. The van der Waals surface area contributed by atoms with Gasteiger partial charge in [0.25, 0.3) is 17.7 Å². The lowest BCUT2D eigenvalue weighted by Gasteiger charge is -2.14. The molecule has 0 bridgehead atoms. The second-order valence-corrected chi connectivity index (χ2v) is 8.85. The molecular formula is C17H14ClF3N6O3S. The van der Waals surface area contributed by atoms with Crippen molar-refractivity contribution in [2.24, 2.45) is 0 Å². The Morgan fingerprint density at radius 3 is 2.42 bits per heavy atom. The first-order valence-electron chi connectivity index (χ1n) is 8.49. The summed E-state index contributed by atoms with van der Waals surface area (Å²) in [6, 6.07) is 3.89. The van der Waals surface area contributed by atoms with Gasteiger partial charge in [-0.3, -0.25) is 4.79 Å². The molecular weight excluding hydrogens is 461 g/mol. The van der Waals surface area contributed by atoms with Crippen LogP contribution >= 0.6 is 11.6 Å². The zero-order valence-corrected chi connectivity index (χ0v) is 17.5. The lowest BCUT2D eigenvalue weighted by molar-refractivity contribution is -0.144. The SMILES string of the molecule is C[C@@H](NC(=O)c1cc(Cl)cc(S(C)(=O)=O)c1)c1nc(C(F)(F)F)nn1-c1ncccn1. The number of carbonyl (C=O) groups excluding carboxylic acids is 1. The zero-order chi connectivity index (χ0) is 23.0. The molecule has 0 aliphatic heterocycles. The summed E-state index contributed by atoms with van der Waals surface area (Å²) < 4.78 is 63.8. The van der Waals surface area contributed by atoms with E-state index in [-0.39, 0.29) is 27.3 Å². The summed E-state index contributed by atoms with van der Waals surface area (Å²) in [6.07, 6.45) is -1.27. The van der Waals surface area contributed by atoms with Gasteiger partial charge in [0.1, 0.15) is 0 Å². The number of aromatic nitrogens is 5. The molecule has 0 saturated heterocycles. The van der Waals surface area contributed by atoms with Crippen LogP contribution in [0.15, 0.2) is 41.6 Å². The third-order valence-electron chi connectivity index (χ3n) is 3.92. The molecule has 1 atom stereocenters. The van der Waals surface area contributed by atoms with Crippen LogP contribution in [0.1, 0.15) is 35.0 Å². The minimum Gasteiger partial charge on any atom is -0.342 e. The van der Waals surface area contributed by atoms with Crippen LogP contribution in [0.2, 0.25) is 5.02 Å². The topological polar surface area (TPSA) is 120 Å². The van der Waals surface area contributed by atoms with Crippen LogP contribution in [0.4, 0.5) is 13.2 Å². The van der Waals surface area contributed by atoms with Crippen molar-refractivity contribution in [2.45, 2.75) is 24.0 Å². The van der Waals surface area contributed by atoms with Crippen LogP contribution in [-0.2, 0) is 16.0 Å². The number of nitrogens with zero attached hydrogens (tertiary/aromatic N) is 5. The molecule has 0 unspecified atom stereocenters. The smallest absolute Gasteiger partial charge is 0.342 e. The van der Waals surface area contributed by atoms with Gasteiger partial charge >= 0.3 is 6.18 Å². The fourth-order valence-electron chi connectivity index (χ4n) is 2.52. The van der Waals surface area contributed by atoms with E-state index in [1.807, 2.05) is 0 Å². The standard InChI is InChI=1S/C17H14ClF3N6O3S/c1-9(24-14(28)10-6-11(18)8-12(7-10)31(2,29)30)13-25-15(17(19,20)21)26-27(13)16-22-4-3-5-23-16/h3-9H,1-2H3,(H,24,28)/t9-/m1/s1. The van der Waals surface area contributed by atoms with Crippen molar-refractivity contribution in [1.82, 2.24) is 30.0 Å². The maximum atomic E-state index is 13.2. The second kappa shape index (κ2) is 8.23. The summed E-state index contributed by atoms with van der Waals surface area (Å²) in [5, 5.41) is 5.87. The summed E-state index contributed by atoms with van der Waals surface area (Å²) in [7, 11) is -3.65. The van der Waals surface area contributed by atoms with E-state index in [1.54, 1.807) is 0 Å². The van der Waals surface area contributed by atoms with E-state index in [4.69, 9.17) is 11.6 Å². The lowest BCUT2D eigenvalue weighted by atomic mass is 10.2. The summed E-state index contributed by atoms with van der Waals surface area (Å²) in [6.45, 7) is 1.38. The molecule has 3 rings (SSSR count). The van der Waals surface area contributed by atoms with Crippen LogP contribution in [0, 0.1) is 0 Å². The van der Waals surface area contributed by atoms with Crippen molar-refractivity contribution in [1.29, 1.82) is 0 Å². The lowest BCUT2D eigenvalue weighted by Crippen LogP contribution is -2.29. The van der Waals surface area contributed by atoms with Gasteiger partial charge in [-0.05, 0) is 31.2 Å². The van der Waals surface area contributed by atoms with Crippen molar-refractivity contribution in [3.8, 4) is 5.95 Å². The predicted octanol–water partition coefficient (Wildman–Crippen LogP) is 2.62. The maximum Gasteiger partial charge on any atom is 0.453 e. The summed E-state index contributed by atoms with van der Waals surface area (Å²) in [4.78, 5) is 23.7. The van der Waals surface area contributed by atoms with E-state index < -0.39 is 33.8 Å². The molecule has 14 heteroatoms. The number of sulfone groups is 1. The van der Waals surface area contributed by atoms with Gasteiger partial charge in [0.15, 0.2) is 15.7 Å². The normalized spacial score (nSPS) is 13.1. The molecule has 164 valence electrons. The molecule has 3 aromatic rings. The quantitative estimate of drug-likeness (QED) is 0.603. The monoisotopic (exact) mass is 474 g/mol. The fraction of sp³-hybridized carbons (Fsp3) is 0.235. The molecule has 0 spiro atoms. The van der Waals surface area contributed by atoms with Crippen LogP contribution in [-0.4, -0.2) is 45.3 Å². The number of rotatable bonds is 5. The van der Waals surface area contributed by atoms with Crippen molar-refractivity contribution in [3.05, 3.63) is 58.9 Å². The molecule has 0 aliphatic rings. The van der Waals surface area contributed by atoms with Crippen LogP contribution in [0.25, 0.3) is 5.95 Å². The average molecular weight is 475 g/mol. The Labute approximate surface area is 179 Å². The molecule has 0 saturated carbocycles. The number of amides is 1. The second-order valence-electron chi connectivity index (χ2n) is 6.39. The van der Waals surface area contributed by atoms with E-state index in [0.717, 1.165) is 17.0 Å². The molecule has 1 aromatic carbocycles. The number of alkyl halides is 3. The Kier molecular flexibility index (Phi) is 6.00. The Balaban J connectivity index is 1.97. The third kappa shape index (κ3) is 5.17. The highest BCUT2D eigenvalue weighted by atomic mass is 35.5. The van der Waals surface area contributed by atoms with Gasteiger partial charge in [-0.25, -0.2) is 23.4 Å². The first kappa shape index (κ1) is 22.6. The van der Waals surface area contributed by atoms with Crippen molar-refractivity contribution in [2.75, 3.05) is 6.26 Å². The third-order valence-corrected chi connectivity index (χ3v) is 5.23. The Morgan fingerprint density at radius 1 is 1.19 bits per heavy atom. The maximum absolute atomic E-state index is 13.2. The summed E-state index contributed by atoms with van der Waals surface area (Å²) >= 11 is 5.90. The van der Waals surface area contributed by atoms with Crippen molar-refractivity contribution < 1.29 is 26.4 Å². The Morgan fingerprint density at radius 2 is 1.84 bits per heavy atom. The Bertz CT molecular complexity index is 1230. The van der Waals surface area contributed by atoms with Gasteiger partial charge in [0, 0.05) is 29.2 Å². The molecule has 0 radical (unpaired) electrons. The van der Waals surface area contributed by atoms with Gasteiger partial charge in [-0.15, -0.1) is 5.10 Å². The predicted molar refractivity (Wildman–Crippen MR) is 102 cm³/mol. The minimum atomic E-state index is -4.84. The first-order chi connectivity index (χ1) is 14.4. The van der Waals surface area contributed by atoms with Crippen molar-refractivity contribution in [3.63, 3.8) is 0 Å². The summed E-state index contributed by atoms with van der Waals surface area (Å²) in [5.74, 6) is -2.67. The van der Waals surface area contributed by atoms with Gasteiger partial charge in [-0.2, -0.15) is 17.9 Å². The van der Waals surface area contributed by atoms with Gasteiger partial charge in [0.05, 0.1) is 10.9 Å². The fourth-order valence-corrected chi connectivity index (χ4v) is 3.51. The van der Waals surface area contributed by atoms with E-state index >= 15 is 0 Å². The highest BCUT2D eigenvalue weighted by Crippen LogP contribution is 2.28. The van der Waals surface area contributed by atoms with E-state index in [1.165, 1.54) is 37.5 Å².